The molecule has 0 bridgehead atoms. The Labute approximate surface area is 153 Å². The number of carbonyl (C=O) groups is 3. The Bertz CT molecular complexity index is 637. The molecule has 0 atom stereocenters. The second-order valence-corrected chi connectivity index (χ2v) is 6.80. The molecule has 1 aromatic rings. The molecule has 1 saturated carbocycles. The Morgan fingerprint density at radius 2 is 1.65 bits per heavy atom. The number of nitrogens with zero attached hydrogens (tertiary/aromatic N) is 2. The van der Waals surface area contributed by atoms with E-state index in [1.54, 1.807) is 0 Å². The molecule has 1 aliphatic heterocycles. The molecule has 1 aromatic carbocycles. The molecule has 3 rings (SSSR count). The molecule has 2 N–H and O–H groups in total. The van der Waals surface area contributed by atoms with E-state index < -0.39 is 0 Å². The van der Waals surface area contributed by atoms with Crippen molar-refractivity contribution >= 4 is 23.4 Å². The van der Waals surface area contributed by atoms with Crippen LogP contribution in [0, 0.1) is 5.92 Å². The van der Waals surface area contributed by atoms with Crippen LogP contribution >= 0.6 is 0 Å². The van der Waals surface area contributed by atoms with Crippen LogP contribution in [0.3, 0.4) is 0 Å². The Morgan fingerprint density at radius 1 is 0.962 bits per heavy atom. The Hall–Kier alpha value is -2.57. The first-order chi connectivity index (χ1) is 12.6. The molecule has 0 spiro atoms. The number of anilines is 1. The highest BCUT2D eigenvalue weighted by molar-refractivity contribution is 5.87. The molecule has 0 aromatic heterocycles. The number of amides is 3. The zero-order valence-electron chi connectivity index (χ0n) is 14.9. The average molecular weight is 358 g/mol. The summed E-state index contributed by atoms with van der Waals surface area (Å²) in [5.41, 5.74) is 1.18. The van der Waals surface area contributed by atoms with Gasteiger partial charge in [0.05, 0.1) is 6.54 Å². The van der Waals surface area contributed by atoms with E-state index in [-0.39, 0.29) is 36.6 Å². The van der Waals surface area contributed by atoms with Gasteiger partial charge in [-0.3, -0.25) is 14.4 Å². The number of hydrogen-bond acceptors (Lipinski definition) is 4. The van der Waals surface area contributed by atoms with Gasteiger partial charge in [0, 0.05) is 50.7 Å². The molecule has 1 saturated heterocycles. The number of hydrogen-bond donors (Lipinski definition) is 2. The predicted octanol–water partition coefficient (Wildman–Crippen LogP) is 0.368. The summed E-state index contributed by atoms with van der Waals surface area (Å²) in [6, 6.07) is 10.2. The summed E-state index contributed by atoms with van der Waals surface area (Å²) in [5.74, 6) is -0.146. The highest BCUT2D eigenvalue weighted by Gasteiger charge is 2.29. The monoisotopic (exact) mass is 358 g/mol. The fourth-order valence-electron chi connectivity index (χ4n) is 3.04. The summed E-state index contributed by atoms with van der Waals surface area (Å²) in [4.78, 5) is 39.6. The smallest absolute Gasteiger partial charge is 0.239 e. The molecule has 7 heteroatoms. The zero-order valence-corrected chi connectivity index (χ0v) is 14.9. The molecule has 140 valence electrons. The zero-order chi connectivity index (χ0) is 18.4. The van der Waals surface area contributed by atoms with Gasteiger partial charge in [0.15, 0.2) is 0 Å². The van der Waals surface area contributed by atoms with Crippen molar-refractivity contribution in [3.05, 3.63) is 30.3 Å². The summed E-state index contributed by atoms with van der Waals surface area (Å²) in [6.45, 7) is 3.30. The third-order valence-corrected chi connectivity index (χ3v) is 4.79. The Morgan fingerprint density at radius 3 is 2.31 bits per heavy atom. The van der Waals surface area contributed by atoms with E-state index in [9.17, 15) is 14.4 Å². The quantitative estimate of drug-likeness (QED) is 0.738. The standard InChI is InChI=1S/C19H26N4O3/c24-17(14-21-19(26)15-6-7-15)20-9-8-18(25)23-12-10-22(11-13-23)16-4-2-1-3-5-16/h1-5,15H,6-14H2,(H,20,24)(H,21,26). The predicted molar refractivity (Wildman–Crippen MR) is 98.6 cm³/mol. The lowest BCUT2D eigenvalue weighted by Crippen LogP contribution is -2.49. The first-order valence-corrected chi connectivity index (χ1v) is 9.25. The lowest BCUT2D eigenvalue weighted by Gasteiger charge is -2.36. The lowest BCUT2D eigenvalue weighted by atomic mass is 10.2. The van der Waals surface area contributed by atoms with Crippen molar-refractivity contribution in [2.24, 2.45) is 5.92 Å². The summed E-state index contributed by atoms with van der Waals surface area (Å²) in [7, 11) is 0. The van der Waals surface area contributed by atoms with Crippen LogP contribution in [-0.4, -0.2) is 61.9 Å². The normalized spacial score (nSPS) is 16.9. The number of carbonyl (C=O) groups excluding carboxylic acids is 3. The van der Waals surface area contributed by atoms with Crippen molar-refractivity contribution in [1.29, 1.82) is 0 Å². The van der Waals surface area contributed by atoms with Crippen LogP contribution < -0.4 is 15.5 Å². The van der Waals surface area contributed by atoms with E-state index in [1.807, 2.05) is 23.1 Å². The van der Waals surface area contributed by atoms with E-state index in [0.29, 0.717) is 19.6 Å². The molecule has 2 fully saturated rings. The van der Waals surface area contributed by atoms with Crippen molar-refractivity contribution in [3.63, 3.8) is 0 Å². The van der Waals surface area contributed by atoms with E-state index in [4.69, 9.17) is 0 Å². The highest BCUT2D eigenvalue weighted by Crippen LogP contribution is 2.28. The lowest BCUT2D eigenvalue weighted by molar-refractivity contribution is -0.131. The number of benzene rings is 1. The van der Waals surface area contributed by atoms with Gasteiger partial charge in [-0.1, -0.05) is 18.2 Å². The van der Waals surface area contributed by atoms with Crippen LogP contribution in [0.4, 0.5) is 5.69 Å². The fourth-order valence-corrected chi connectivity index (χ4v) is 3.04. The van der Waals surface area contributed by atoms with E-state index >= 15 is 0 Å². The number of para-hydroxylation sites is 1. The van der Waals surface area contributed by atoms with Gasteiger partial charge in [0.25, 0.3) is 0 Å². The van der Waals surface area contributed by atoms with Crippen LogP contribution in [-0.2, 0) is 14.4 Å². The Balaban J connectivity index is 1.30. The minimum absolute atomic E-state index is 0.0146. The van der Waals surface area contributed by atoms with Gasteiger partial charge in [-0.15, -0.1) is 0 Å². The topological polar surface area (TPSA) is 81.8 Å². The number of piperazine rings is 1. The summed E-state index contributed by atoms with van der Waals surface area (Å²) in [5, 5.41) is 5.30. The summed E-state index contributed by atoms with van der Waals surface area (Å²) < 4.78 is 0. The van der Waals surface area contributed by atoms with Gasteiger partial charge in [-0.2, -0.15) is 0 Å². The van der Waals surface area contributed by atoms with Gasteiger partial charge >= 0.3 is 0 Å². The second kappa shape index (κ2) is 8.69. The number of rotatable bonds is 7. The molecule has 0 unspecified atom stereocenters. The van der Waals surface area contributed by atoms with Crippen LogP contribution in [0.1, 0.15) is 19.3 Å². The molecule has 26 heavy (non-hydrogen) atoms. The fraction of sp³-hybridized carbons (Fsp3) is 0.526. The van der Waals surface area contributed by atoms with Crippen molar-refractivity contribution < 1.29 is 14.4 Å². The maximum atomic E-state index is 12.3. The molecule has 0 radical (unpaired) electrons. The van der Waals surface area contributed by atoms with Gasteiger partial charge in [-0.25, -0.2) is 0 Å². The van der Waals surface area contributed by atoms with Gasteiger partial charge in [-0.05, 0) is 25.0 Å². The maximum absolute atomic E-state index is 12.3. The van der Waals surface area contributed by atoms with Crippen molar-refractivity contribution in [3.8, 4) is 0 Å². The minimum Gasteiger partial charge on any atom is -0.368 e. The summed E-state index contributed by atoms with van der Waals surface area (Å²) in [6.07, 6.45) is 2.12. The van der Waals surface area contributed by atoms with E-state index in [0.717, 1.165) is 25.9 Å². The van der Waals surface area contributed by atoms with Crippen molar-refractivity contribution in [2.75, 3.05) is 44.2 Å². The molecular formula is C19H26N4O3. The average Bonchev–Trinajstić information content (AvgIpc) is 3.52. The third-order valence-electron chi connectivity index (χ3n) is 4.79. The minimum atomic E-state index is -0.249. The first-order valence-electron chi connectivity index (χ1n) is 9.25. The second-order valence-electron chi connectivity index (χ2n) is 6.80. The largest absolute Gasteiger partial charge is 0.368 e. The third kappa shape index (κ3) is 5.21. The van der Waals surface area contributed by atoms with Gasteiger partial charge < -0.3 is 20.4 Å². The van der Waals surface area contributed by atoms with Gasteiger partial charge in [0.2, 0.25) is 17.7 Å². The van der Waals surface area contributed by atoms with Crippen LogP contribution in [0.5, 0.6) is 0 Å². The maximum Gasteiger partial charge on any atom is 0.239 e. The molecule has 2 aliphatic rings. The SMILES string of the molecule is O=C(CNC(=O)C1CC1)NCCC(=O)N1CCN(c2ccccc2)CC1. The van der Waals surface area contributed by atoms with Crippen molar-refractivity contribution in [1.82, 2.24) is 15.5 Å². The van der Waals surface area contributed by atoms with E-state index in [2.05, 4.69) is 27.7 Å². The number of nitrogens with one attached hydrogen (secondary N) is 2. The highest BCUT2D eigenvalue weighted by atomic mass is 16.2. The molecule has 3 amide bonds. The van der Waals surface area contributed by atoms with Crippen LogP contribution in [0.15, 0.2) is 30.3 Å². The molecular weight excluding hydrogens is 332 g/mol. The first kappa shape index (κ1) is 18.2. The molecule has 1 aliphatic carbocycles. The van der Waals surface area contributed by atoms with E-state index in [1.165, 1.54) is 5.69 Å². The molecule has 7 nitrogen and oxygen atoms in total. The van der Waals surface area contributed by atoms with Gasteiger partial charge in [0.1, 0.15) is 0 Å². The molecule has 1 heterocycles. The van der Waals surface area contributed by atoms with Crippen molar-refractivity contribution in [2.45, 2.75) is 19.3 Å². The Kier molecular flexibility index (Phi) is 6.09. The summed E-state index contributed by atoms with van der Waals surface area (Å²) >= 11 is 0. The van der Waals surface area contributed by atoms with Crippen LogP contribution in [0.25, 0.3) is 0 Å². The van der Waals surface area contributed by atoms with Crippen LogP contribution in [0.2, 0.25) is 0 Å².